The molecule has 1 aromatic rings. The molecule has 1 aliphatic rings. The van der Waals surface area contributed by atoms with E-state index in [2.05, 4.69) is 0 Å². The molecule has 0 fully saturated rings. The van der Waals surface area contributed by atoms with Crippen molar-refractivity contribution in [1.29, 1.82) is 0 Å². The highest BCUT2D eigenvalue weighted by Crippen LogP contribution is 2.63. The van der Waals surface area contributed by atoms with Gasteiger partial charge in [0.25, 0.3) is 0 Å². The van der Waals surface area contributed by atoms with Crippen molar-refractivity contribution in [2.75, 3.05) is 12.4 Å². The minimum absolute atomic E-state index is 0.0437. The smallest absolute Gasteiger partial charge is 0.421 e. The summed E-state index contributed by atoms with van der Waals surface area (Å²) in [5.41, 5.74) is 3.53. The monoisotopic (exact) mass is 368 g/mol. The first-order valence-electron chi connectivity index (χ1n) is 8.33. The molecule has 0 amide bonds. The summed E-state index contributed by atoms with van der Waals surface area (Å²) < 4.78 is 24.2. The summed E-state index contributed by atoms with van der Waals surface area (Å²) in [6.07, 6.45) is 1.75. The summed E-state index contributed by atoms with van der Waals surface area (Å²) >= 11 is 1.21. The first-order valence-corrected chi connectivity index (χ1v) is 11.5. The van der Waals surface area contributed by atoms with E-state index in [4.69, 9.17) is 9.05 Å². The van der Waals surface area contributed by atoms with E-state index in [0.29, 0.717) is 36.5 Å². The normalized spacial score (nSPS) is 17.2. The van der Waals surface area contributed by atoms with Crippen LogP contribution in [0, 0.1) is 13.8 Å². The first-order chi connectivity index (χ1) is 11.4. The first kappa shape index (κ1) is 19.3. The Labute approximate surface area is 148 Å². The van der Waals surface area contributed by atoms with Crippen molar-refractivity contribution in [1.82, 2.24) is 0 Å². The lowest BCUT2D eigenvalue weighted by Crippen LogP contribution is -2.01. The maximum atomic E-state index is 12.9. The molecule has 0 saturated heterocycles. The highest BCUT2D eigenvalue weighted by atomic mass is 32.7. The summed E-state index contributed by atoms with van der Waals surface area (Å²) in [5.74, 6) is 1.24. The van der Waals surface area contributed by atoms with Gasteiger partial charge in [-0.1, -0.05) is 30.7 Å². The molecule has 0 bridgehead atoms. The van der Waals surface area contributed by atoms with Gasteiger partial charge < -0.3 is 4.52 Å². The third-order valence-electron chi connectivity index (χ3n) is 3.76. The van der Waals surface area contributed by atoms with Crippen molar-refractivity contribution < 1.29 is 18.4 Å². The van der Waals surface area contributed by atoms with E-state index in [9.17, 15) is 9.36 Å². The van der Waals surface area contributed by atoms with Crippen molar-refractivity contribution in [2.45, 2.75) is 47.0 Å². The molecule has 0 radical (unpaired) electrons. The summed E-state index contributed by atoms with van der Waals surface area (Å²) in [6, 6.07) is 6.00. The topological polar surface area (TPSA) is 52.6 Å². The van der Waals surface area contributed by atoms with Crippen molar-refractivity contribution in [3.05, 3.63) is 40.6 Å². The van der Waals surface area contributed by atoms with Crippen LogP contribution in [0.2, 0.25) is 0 Å². The molecule has 1 aliphatic carbocycles. The molecule has 4 nitrogen and oxygen atoms in total. The number of ketones is 1. The van der Waals surface area contributed by atoms with Gasteiger partial charge >= 0.3 is 6.80 Å². The summed E-state index contributed by atoms with van der Waals surface area (Å²) in [4.78, 5) is 12.4. The quantitative estimate of drug-likeness (QED) is 0.552. The van der Waals surface area contributed by atoms with Crippen molar-refractivity contribution in [3.8, 4) is 0 Å². The zero-order chi connectivity index (χ0) is 17.7. The van der Waals surface area contributed by atoms with E-state index >= 15 is 0 Å². The minimum atomic E-state index is -3.29. The van der Waals surface area contributed by atoms with Gasteiger partial charge in [-0.05, 0) is 49.7 Å². The zero-order valence-electron chi connectivity index (χ0n) is 14.8. The number of Topliss-reactive ketones (excluding diaryl/α,β-unsaturated/α-hetero) is 1. The fourth-order valence-electron chi connectivity index (χ4n) is 2.62. The number of allylic oxidation sites excluding steroid dienone is 2. The third-order valence-corrected chi connectivity index (χ3v) is 7.72. The molecule has 0 N–H and O–H groups in total. The molecule has 0 saturated carbocycles. The predicted molar refractivity (Wildman–Crippen MR) is 100 cm³/mol. The van der Waals surface area contributed by atoms with Crippen LogP contribution in [-0.2, 0) is 18.4 Å². The van der Waals surface area contributed by atoms with Crippen LogP contribution in [-0.4, -0.2) is 18.1 Å². The van der Waals surface area contributed by atoms with Crippen LogP contribution in [0.5, 0.6) is 0 Å². The van der Waals surface area contributed by atoms with Gasteiger partial charge in [0.15, 0.2) is 5.78 Å². The Kier molecular flexibility index (Phi) is 6.73. The number of hydrogen-bond donors (Lipinski definition) is 0. The van der Waals surface area contributed by atoms with Gasteiger partial charge in [-0.2, -0.15) is 0 Å². The van der Waals surface area contributed by atoms with Gasteiger partial charge in [0.2, 0.25) is 0 Å². The van der Waals surface area contributed by atoms with E-state index in [0.717, 1.165) is 23.1 Å². The van der Waals surface area contributed by atoms with Crippen LogP contribution in [0.3, 0.4) is 0 Å². The molecule has 0 aromatic heterocycles. The van der Waals surface area contributed by atoms with Crippen LogP contribution < -0.4 is 0 Å². The fraction of sp³-hybridized carbons (Fsp3) is 0.500. The highest BCUT2D eigenvalue weighted by molar-refractivity contribution is 8.55. The number of hydrogen-bond acceptors (Lipinski definition) is 5. The second-order valence-corrected chi connectivity index (χ2v) is 9.95. The van der Waals surface area contributed by atoms with Crippen LogP contribution in [0.15, 0.2) is 24.0 Å². The van der Waals surface area contributed by atoms with Gasteiger partial charge in [0, 0.05) is 18.6 Å². The maximum Gasteiger partial charge on any atom is 0.439 e. The molecule has 0 spiro atoms. The van der Waals surface area contributed by atoms with Crippen LogP contribution in [0.4, 0.5) is 0 Å². The van der Waals surface area contributed by atoms with Gasteiger partial charge in [-0.3, -0.25) is 9.32 Å². The van der Waals surface area contributed by atoms with Crippen LogP contribution in [0.25, 0.3) is 5.57 Å². The molecule has 0 aliphatic heterocycles. The van der Waals surface area contributed by atoms with Gasteiger partial charge in [-0.25, -0.2) is 4.57 Å². The van der Waals surface area contributed by atoms with Crippen molar-refractivity contribution >= 4 is 29.5 Å². The number of benzene rings is 1. The molecule has 1 unspecified atom stereocenters. The third kappa shape index (κ3) is 4.53. The minimum Gasteiger partial charge on any atom is -0.421 e. The van der Waals surface area contributed by atoms with Crippen molar-refractivity contribution in [3.63, 3.8) is 0 Å². The summed E-state index contributed by atoms with van der Waals surface area (Å²) in [6.45, 7) is 4.80. The van der Waals surface area contributed by atoms with E-state index in [1.54, 1.807) is 6.92 Å². The van der Waals surface area contributed by atoms with E-state index in [-0.39, 0.29) is 5.78 Å². The molecular weight excluding hydrogens is 343 g/mol. The number of carbonyl (C=O) groups is 1. The highest BCUT2D eigenvalue weighted by Gasteiger charge is 2.34. The summed E-state index contributed by atoms with van der Waals surface area (Å²) in [7, 11) is 0. The zero-order valence-corrected chi connectivity index (χ0v) is 16.5. The standard InChI is InChI=1S/C18H25O4PS/c1-5-11-24-23(20,21-6-2)22-17-10-9-16(19)18(17)15-12-13(3)7-8-14(15)4/h7-8,12H,5-6,9-11H2,1-4H3. The van der Waals surface area contributed by atoms with E-state index in [1.165, 1.54) is 11.4 Å². The molecule has 6 heteroatoms. The molecule has 24 heavy (non-hydrogen) atoms. The lowest BCUT2D eigenvalue weighted by atomic mass is 9.97. The Morgan fingerprint density at radius 1 is 1.21 bits per heavy atom. The number of rotatable bonds is 8. The molecule has 132 valence electrons. The molecule has 1 aromatic carbocycles. The van der Waals surface area contributed by atoms with Gasteiger partial charge in [-0.15, -0.1) is 0 Å². The number of aryl methyl sites for hydroxylation is 2. The van der Waals surface area contributed by atoms with Crippen LogP contribution >= 0.6 is 18.2 Å². The predicted octanol–water partition coefficient (Wildman–Crippen LogP) is 5.68. The van der Waals surface area contributed by atoms with Gasteiger partial charge in [0.1, 0.15) is 5.76 Å². The Morgan fingerprint density at radius 2 is 1.96 bits per heavy atom. The lowest BCUT2D eigenvalue weighted by Gasteiger charge is -2.19. The van der Waals surface area contributed by atoms with Crippen LogP contribution in [0.1, 0.15) is 49.8 Å². The van der Waals surface area contributed by atoms with Crippen molar-refractivity contribution in [2.24, 2.45) is 0 Å². The SMILES string of the molecule is CCCSP(=O)(OCC)OC1=C(c2cc(C)ccc2C)C(=O)CC1. The summed E-state index contributed by atoms with van der Waals surface area (Å²) in [5, 5.41) is 0. The fourth-order valence-corrected chi connectivity index (χ4v) is 6.16. The second-order valence-electron chi connectivity index (χ2n) is 5.83. The molecule has 1 atom stereocenters. The Hall–Kier alpha value is -1.03. The Balaban J connectivity index is 2.41. The second kappa shape index (κ2) is 8.37. The number of carbonyl (C=O) groups excluding carboxylic acids is 1. The molecule has 0 heterocycles. The largest absolute Gasteiger partial charge is 0.439 e. The van der Waals surface area contributed by atoms with E-state index in [1.807, 2.05) is 39.0 Å². The molecule has 2 rings (SSSR count). The average molecular weight is 368 g/mol. The maximum absolute atomic E-state index is 12.9. The Morgan fingerprint density at radius 3 is 2.62 bits per heavy atom. The average Bonchev–Trinajstić information content (AvgIpc) is 2.88. The lowest BCUT2D eigenvalue weighted by molar-refractivity contribution is -0.113. The van der Waals surface area contributed by atoms with E-state index < -0.39 is 6.80 Å². The van der Waals surface area contributed by atoms with Gasteiger partial charge in [0.05, 0.1) is 12.2 Å². The molecular formula is C18H25O4PS. The Bertz CT molecular complexity index is 696.